The van der Waals surface area contributed by atoms with Gasteiger partial charge in [-0.05, 0) is 42.7 Å². The summed E-state index contributed by atoms with van der Waals surface area (Å²) in [5.41, 5.74) is 2.46. The molecule has 1 aromatic carbocycles. The molecule has 2 fully saturated rings. The maximum atomic E-state index is 5.80. The van der Waals surface area contributed by atoms with Crippen molar-refractivity contribution in [1.82, 2.24) is 15.2 Å². The van der Waals surface area contributed by atoms with Crippen molar-refractivity contribution in [3.63, 3.8) is 0 Å². The number of nitrogens with one attached hydrogen (secondary N) is 1. The fraction of sp³-hybridized carbons (Fsp3) is 0.455. The maximum absolute atomic E-state index is 5.80. The molecule has 1 spiro atoms. The number of likely N-dealkylation sites (tertiary alicyclic amines) is 1. The predicted octanol–water partition coefficient (Wildman–Crippen LogP) is 3.47. The normalized spacial score (nSPS) is 21.3. The van der Waals surface area contributed by atoms with Crippen LogP contribution in [0.15, 0.2) is 53.7 Å². The molecule has 3 heterocycles. The van der Waals surface area contributed by atoms with Gasteiger partial charge in [-0.3, -0.25) is 9.98 Å². The number of hydrogen-bond acceptors (Lipinski definition) is 4. The van der Waals surface area contributed by atoms with Gasteiger partial charge in [-0.25, -0.2) is 0 Å². The van der Waals surface area contributed by atoms with Gasteiger partial charge in [0.2, 0.25) is 0 Å². The molecule has 4 rings (SSSR count). The van der Waals surface area contributed by atoms with Gasteiger partial charge >= 0.3 is 0 Å². The lowest BCUT2D eigenvalue weighted by Crippen LogP contribution is -2.41. The number of benzene rings is 1. The van der Waals surface area contributed by atoms with Crippen molar-refractivity contribution >= 4 is 29.9 Å². The largest absolute Gasteiger partial charge is 0.487 e. The van der Waals surface area contributed by atoms with Gasteiger partial charge in [0, 0.05) is 44.9 Å². The predicted molar refractivity (Wildman–Crippen MR) is 125 cm³/mol. The number of guanidine groups is 1. The maximum Gasteiger partial charge on any atom is 0.193 e. The van der Waals surface area contributed by atoms with Crippen molar-refractivity contribution in [3.8, 4) is 5.75 Å². The fourth-order valence-electron chi connectivity index (χ4n) is 3.95. The minimum absolute atomic E-state index is 0. The van der Waals surface area contributed by atoms with Crippen LogP contribution in [0.5, 0.6) is 5.75 Å². The molecule has 0 amide bonds. The molecule has 0 aliphatic carbocycles. The molecule has 7 heteroatoms. The van der Waals surface area contributed by atoms with E-state index in [9.17, 15) is 0 Å². The summed E-state index contributed by atoms with van der Waals surface area (Å²) in [5, 5.41) is 3.50. The Kier molecular flexibility index (Phi) is 7.71. The second kappa shape index (κ2) is 10.2. The van der Waals surface area contributed by atoms with E-state index in [0.717, 1.165) is 50.3 Å². The van der Waals surface area contributed by atoms with Crippen LogP contribution in [0, 0.1) is 5.41 Å². The third kappa shape index (κ3) is 5.60. The number of halogens is 1. The van der Waals surface area contributed by atoms with Gasteiger partial charge in [-0.1, -0.05) is 18.2 Å². The third-order valence-corrected chi connectivity index (χ3v) is 5.62. The fourth-order valence-corrected chi connectivity index (χ4v) is 3.95. The van der Waals surface area contributed by atoms with E-state index in [2.05, 4.69) is 32.3 Å². The van der Waals surface area contributed by atoms with Crippen molar-refractivity contribution < 1.29 is 9.47 Å². The zero-order chi connectivity index (χ0) is 19.2. The summed E-state index contributed by atoms with van der Waals surface area (Å²) in [4.78, 5) is 11.1. The Hall–Kier alpha value is -1.87. The summed E-state index contributed by atoms with van der Waals surface area (Å²) in [5.74, 6) is 1.82. The van der Waals surface area contributed by atoms with Crippen LogP contribution in [0.4, 0.5) is 0 Å². The van der Waals surface area contributed by atoms with E-state index >= 15 is 0 Å². The molecule has 1 unspecified atom stereocenters. The summed E-state index contributed by atoms with van der Waals surface area (Å²) in [6, 6.07) is 14.0. The Bertz CT molecular complexity index is 792. The van der Waals surface area contributed by atoms with Gasteiger partial charge in [0.05, 0.1) is 12.3 Å². The minimum Gasteiger partial charge on any atom is -0.487 e. The van der Waals surface area contributed by atoms with E-state index in [4.69, 9.17) is 9.47 Å². The smallest absolute Gasteiger partial charge is 0.193 e. The molecule has 6 nitrogen and oxygen atoms in total. The first-order chi connectivity index (χ1) is 13.8. The SMILES string of the molecule is CN=C(NCc1ccc(OCc2ccccn2)cc1)N1CCC2(CCOC2)C1.I. The van der Waals surface area contributed by atoms with Gasteiger partial charge in [0.15, 0.2) is 5.96 Å². The van der Waals surface area contributed by atoms with Crippen molar-refractivity contribution in [1.29, 1.82) is 0 Å². The van der Waals surface area contributed by atoms with E-state index < -0.39 is 0 Å². The lowest BCUT2D eigenvalue weighted by Gasteiger charge is -2.25. The monoisotopic (exact) mass is 508 g/mol. The number of nitrogens with zero attached hydrogens (tertiary/aromatic N) is 3. The van der Waals surface area contributed by atoms with E-state index in [1.54, 1.807) is 6.20 Å². The number of aromatic nitrogens is 1. The van der Waals surface area contributed by atoms with Gasteiger partial charge in [0.1, 0.15) is 12.4 Å². The lowest BCUT2D eigenvalue weighted by molar-refractivity contribution is 0.156. The van der Waals surface area contributed by atoms with Crippen LogP contribution in [0.3, 0.4) is 0 Å². The van der Waals surface area contributed by atoms with Crippen LogP contribution in [0.25, 0.3) is 0 Å². The summed E-state index contributed by atoms with van der Waals surface area (Å²) in [6.07, 6.45) is 4.14. The number of rotatable bonds is 5. The average Bonchev–Trinajstić information content (AvgIpc) is 3.38. The van der Waals surface area contributed by atoms with E-state index in [-0.39, 0.29) is 24.0 Å². The Morgan fingerprint density at radius 3 is 2.79 bits per heavy atom. The molecular formula is C22H29IN4O2. The minimum atomic E-state index is 0. The molecule has 2 aliphatic heterocycles. The van der Waals surface area contributed by atoms with E-state index in [1.165, 1.54) is 18.4 Å². The Balaban J connectivity index is 0.00000240. The number of aliphatic imine (C=N–C) groups is 1. The highest BCUT2D eigenvalue weighted by molar-refractivity contribution is 14.0. The molecule has 0 bridgehead atoms. The molecule has 2 aliphatic rings. The number of hydrogen-bond donors (Lipinski definition) is 1. The van der Waals surface area contributed by atoms with Crippen molar-refractivity contribution in [2.24, 2.45) is 10.4 Å². The summed E-state index contributed by atoms with van der Waals surface area (Å²) >= 11 is 0. The molecule has 1 N–H and O–H groups in total. The summed E-state index contributed by atoms with van der Waals surface area (Å²) < 4.78 is 11.4. The van der Waals surface area contributed by atoms with Crippen LogP contribution >= 0.6 is 24.0 Å². The van der Waals surface area contributed by atoms with Crippen molar-refractivity contribution in [2.45, 2.75) is 26.0 Å². The first-order valence-corrected chi connectivity index (χ1v) is 9.91. The molecule has 156 valence electrons. The standard InChI is InChI=1S/C22H28N4O2.HI/c1-23-21(26-12-9-22(16-26)10-13-27-17-22)25-14-18-5-7-20(8-6-18)28-15-19-4-2-3-11-24-19;/h2-8,11H,9-10,12-17H2,1H3,(H,23,25);1H. The van der Waals surface area contributed by atoms with Crippen molar-refractivity contribution in [3.05, 3.63) is 59.9 Å². The number of pyridine rings is 1. The topological polar surface area (TPSA) is 59.0 Å². The zero-order valence-corrected chi connectivity index (χ0v) is 19.2. The third-order valence-electron chi connectivity index (χ3n) is 5.62. The highest BCUT2D eigenvalue weighted by Gasteiger charge is 2.42. The second-order valence-corrected chi connectivity index (χ2v) is 7.63. The highest BCUT2D eigenvalue weighted by atomic mass is 127. The highest BCUT2D eigenvalue weighted by Crippen LogP contribution is 2.38. The summed E-state index contributed by atoms with van der Waals surface area (Å²) in [6.45, 7) is 5.09. The van der Waals surface area contributed by atoms with Gasteiger partial charge < -0.3 is 19.7 Å². The van der Waals surface area contributed by atoms with Crippen LogP contribution in [-0.4, -0.2) is 49.2 Å². The molecule has 2 aromatic rings. The summed E-state index contributed by atoms with van der Waals surface area (Å²) in [7, 11) is 1.85. The Labute approximate surface area is 189 Å². The quantitative estimate of drug-likeness (QED) is 0.381. The van der Waals surface area contributed by atoms with Gasteiger partial charge in [-0.15, -0.1) is 24.0 Å². The van der Waals surface area contributed by atoms with Gasteiger partial charge in [0.25, 0.3) is 0 Å². The molecular weight excluding hydrogens is 479 g/mol. The Morgan fingerprint density at radius 2 is 2.10 bits per heavy atom. The van der Waals surface area contributed by atoms with Crippen LogP contribution < -0.4 is 10.1 Å². The Morgan fingerprint density at radius 1 is 1.24 bits per heavy atom. The first kappa shape index (κ1) is 21.8. The first-order valence-electron chi connectivity index (χ1n) is 9.91. The molecule has 2 saturated heterocycles. The second-order valence-electron chi connectivity index (χ2n) is 7.63. The van der Waals surface area contributed by atoms with Crippen molar-refractivity contribution in [2.75, 3.05) is 33.4 Å². The van der Waals surface area contributed by atoms with E-state index in [1.807, 2.05) is 37.4 Å². The number of ether oxygens (including phenoxy) is 2. The van der Waals surface area contributed by atoms with Crippen LogP contribution in [0.2, 0.25) is 0 Å². The molecule has 0 radical (unpaired) electrons. The molecule has 1 aromatic heterocycles. The van der Waals surface area contributed by atoms with Crippen LogP contribution in [-0.2, 0) is 17.9 Å². The van der Waals surface area contributed by atoms with Crippen LogP contribution in [0.1, 0.15) is 24.1 Å². The zero-order valence-electron chi connectivity index (χ0n) is 16.8. The van der Waals surface area contributed by atoms with E-state index in [0.29, 0.717) is 12.0 Å². The molecule has 1 atom stereocenters. The molecule has 0 saturated carbocycles. The lowest BCUT2D eigenvalue weighted by atomic mass is 9.87. The average molecular weight is 508 g/mol. The molecule has 29 heavy (non-hydrogen) atoms. The van der Waals surface area contributed by atoms with Gasteiger partial charge in [-0.2, -0.15) is 0 Å².